The highest BCUT2D eigenvalue weighted by Crippen LogP contribution is 2.13. The summed E-state index contributed by atoms with van der Waals surface area (Å²) in [5.41, 5.74) is 0.302. The maximum absolute atomic E-state index is 13.2. The Labute approximate surface area is 67.5 Å². The van der Waals surface area contributed by atoms with E-state index in [1.54, 1.807) is 0 Å². The molecule has 2 aromatic heterocycles. The molecule has 2 aromatic rings. The van der Waals surface area contributed by atoms with E-state index in [1.165, 1.54) is 29.8 Å². The SMILES string of the molecule is Cc1c(F)cc2nccn2c1F. The lowest BCUT2D eigenvalue weighted by Crippen LogP contribution is -1.97. The first-order valence-corrected chi connectivity index (χ1v) is 3.48. The maximum Gasteiger partial charge on any atom is 0.205 e. The zero-order chi connectivity index (χ0) is 8.72. The van der Waals surface area contributed by atoms with Crippen LogP contribution < -0.4 is 0 Å². The fourth-order valence-corrected chi connectivity index (χ4v) is 1.09. The molecule has 0 spiro atoms. The van der Waals surface area contributed by atoms with Crippen molar-refractivity contribution >= 4 is 5.65 Å². The minimum Gasteiger partial charge on any atom is -0.276 e. The van der Waals surface area contributed by atoms with Crippen molar-refractivity contribution in [2.45, 2.75) is 6.92 Å². The average molecular weight is 168 g/mol. The van der Waals surface area contributed by atoms with Gasteiger partial charge in [0.25, 0.3) is 0 Å². The van der Waals surface area contributed by atoms with Crippen LogP contribution in [0.5, 0.6) is 0 Å². The number of aromatic nitrogens is 2. The first-order valence-electron chi connectivity index (χ1n) is 3.48. The van der Waals surface area contributed by atoms with E-state index in [-0.39, 0.29) is 11.2 Å². The molecule has 0 saturated heterocycles. The van der Waals surface area contributed by atoms with Crippen LogP contribution in [0.1, 0.15) is 5.56 Å². The third-order valence-electron chi connectivity index (χ3n) is 1.80. The van der Waals surface area contributed by atoms with Crippen LogP contribution >= 0.6 is 0 Å². The topological polar surface area (TPSA) is 17.3 Å². The summed E-state index contributed by atoms with van der Waals surface area (Å²) >= 11 is 0. The molecule has 0 aliphatic carbocycles. The molecule has 0 unspecified atom stereocenters. The smallest absolute Gasteiger partial charge is 0.205 e. The molecule has 2 heterocycles. The second-order valence-electron chi connectivity index (χ2n) is 2.56. The molecule has 2 rings (SSSR count). The van der Waals surface area contributed by atoms with E-state index in [0.717, 1.165) is 0 Å². The molecule has 4 heteroatoms. The minimum atomic E-state index is -0.595. The highest BCUT2D eigenvalue weighted by Gasteiger charge is 2.08. The molecule has 0 atom stereocenters. The zero-order valence-electron chi connectivity index (χ0n) is 6.38. The first kappa shape index (κ1) is 7.21. The van der Waals surface area contributed by atoms with E-state index in [4.69, 9.17) is 0 Å². The number of hydrogen-bond acceptors (Lipinski definition) is 1. The summed E-state index contributed by atoms with van der Waals surface area (Å²) in [7, 11) is 0. The van der Waals surface area contributed by atoms with Crippen molar-refractivity contribution in [2.75, 3.05) is 0 Å². The van der Waals surface area contributed by atoms with E-state index < -0.39 is 11.8 Å². The van der Waals surface area contributed by atoms with Gasteiger partial charge in [0.15, 0.2) is 0 Å². The highest BCUT2D eigenvalue weighted by molar-refractivity contribution is 5.40. The summed E-state index contributed by atoms with van der Waals surface area (Å²) in [5, 5.41) is 0. The van der Waals surface area contributed by atoms with Crippen LogP contribution in [0.2, 0.25) is 0 Å². The van der Waals surface area contributed by atoms with E-state index in [9.17, 15) is 8.78 Å². The largest absolute Gasteiger partial charge is 0.276 e. The van der Waals surface area contributed by atoms with Gasteiger partial charge in [0.2, 0.25) is 5.95 Å². The third kappa shape index (κ3) is 0.809. The van der Waals surface area contributed by atoms with E-state index in [0.29, 0.717) is 0 Å². The number of imidazole rings is 1. The molecule has 0 aromatic carbocycles. The Bertz CT molecular complexity index is 434. The zero-order valence-corrected chi connectivity index (χ0v) is 6.38. The summed E-state index contributed by atoms with van der Waals surface area (Å²) in [6, 6.07) is 1.21. The standard InChI is InChI=1S/C8H6F2N2/c1-5-6(9)4-7-11-2-3-12(7)8(5)10/h2-4H,1H3. The van der Waals surface area contributed by atoms with Gasteiger partial charge in [0.05, 0.1) is 0 Å². The molecule has 62 valence electrons. The van der Waals surface area contributed by atoms with Crippen molar-refractivity contribution in [3.8, 4) is 0 Å². The molecule has 0 fully saturated rings. The normalized spacial score (nSPS) is 10.9. The summed E-state index contributed by atoms with van der Waals surface area (Å²) in [4.78, 5) is 3.76. The van der Waals surface area contributed by atoms with Crippen molar-refractivity contribution in [2.24, 2.45) is 0 Å². The van der Waals surface area contributed by atoms with Gasteiger partial charge in [-0.05, 0) is 6.92 Å². The molecule has 0 aliphatic rings. The number of fused-ring (bicyclic) bond motifs is 1. The fraction of sp³-hybridized carbons (Fsp3) is 0.125. The second kappa shape index (κ2) is 2.27. The molecule has 0 saturated carbocycles. The van der Waals surface area contributed by atoms with Gasteiger partial charge in [0, 0.05) is 24.0 Å². The number of pyridine rings is 1. The Morgan fingerprint density at radius 3 is 2.92 bits per heavy atom. The van der Waals surface area contributed by atoms with Crippen LogP contribution in [0.15, 0.2) is 18.5 Å². The van der Waals surface area contributed by atoms with Crippen molar-refractivity contribution in [1.82, 2.24) is 9.38 Å². The Kier molecular flexibility index (Phi) is 1.36. The summed E-state index contributed by atoms with van der Waals surface area (Å²) in [6.07, 6.45) is 2.88. The lowest BCUT2D eigenvalue weighted by atomic mass is 10.3. The highest BCUT2D eigenvalue weighted by atomic mass is 19.1. The van der Waals surface area contributed by atoms with Gasteiger partial charge < -0.3 is 0 Å². The van der Waals surface area contributed by atoms with E-state index in [1.807, 2.05) is 0 Å². The number of nitrogens with zero attached hydrogens (tertiary/aromatic N) is 2. The van der Waals surface area contributed by atoms with Gasteiger partial charge >= 0.3 is 0 Å². The molecular formula is C8H6F2N2. The molecule has 0 bridgehead atoms. The lowest BCUT2D eigenvalue weighted by molar-refractivity contribution is 0.527. The van der Waals surface area contributed by atoms with Crippen LogP contribution in [-0.4, -0.2) is 9.38 Å². The average Bonchev–Trinajstić information content (AvgIpc) is 2.48. The quantitative estimate of drug-likeness (QED) is 0.549. The predicted octanol–water partition coefficient (Wildman–Crippen LogP) is 1.92. The van der Waals surface area contributed by atoms with Gasteiger partial charge in [-0.2, -0.15) is 4.39 Å². The lowest BCUT2D eigenvalue weighted by Gasteiger charge is -2.00. The van der Waals surface area contributed by atoms with Gasteiger partial charge in [0.1, 0.15) is 11.5 Å². The Hall–Kier alpha value is -1.45. The molecular weight excluding hydrogens is 162 g/mol. The van der Waals surface area contributed by atoms with Crippen LogP contribution in [-0.2, 0) is 0 Å². The van der Waals surface area contributed by atoms with Gasteiger partial charge in [-0.25, -0.2) is 9.37 Å². The fourth-order valence-electron chi connectivity index (χ4n) is 1.09. The number of halogens is 2. The molecule has 0 radical (unpaired) electrons. The van der Waals surface area contributed by atoms with Crippen LogP contribution in [0.3, 0.4) is 0 Å². The minimum absolute atomic E-state index is 0.0144. The van der Waals surface area contributed by atoms with Crippen LogP contribution in [0.25, 0.3) is 5.65 Å². The second-order valence-corrected chi connectivity index (χ2v) is 2.56. The predicted molar refractivity (Wildman–Crippen MR) is 39.8 cm³/mol. The number of rotatable bonds is 0. The van der Waals surface area contributed by atoms with Gasteiger partial charge in [-0.3, -0.25) is 4.40 Å². The maximum atomic E-state index is 13.2. The van der Waals surface area contributed by atoms with Crippen molar-refractivity contribution in [1.29, 1.82) is 0 Å². The van der Waals surface area contributed by atoms with E-state index >= 15 is 0 Å². The number of hydrogen-bond donors (Lipinski definition) is 0. The molecule has 0 N–H and O–H groups in total. The Balaban J connectivity index is 2.94. The van der Waals surface area contributed by atoms with Crippen molar-refractivity contribution in [3.05, 3.63) is 35.8 Å². The molecule has 2 nitrogen and oxygen atoms in total. The molecule has 12 heavy (non-hydrogen) atoms. The van der Waals surface area contributed by atoms with Crippen molar-refractivity contribution < 1.29 is 8.78 Å². The Morgan fingerprint density at radius 2 is 2.17 bits per heavy atom. The van der Waals surface area contributed by atoms with Crippen LogP contribution in [0.4, 0.5) is 8.78 Å². The van der Waals surface area contributed by atoms with Crippen LogP contribution in [0, 0.1) is 18.7 Å². The van der Waals surface area contributed by atoms with Gasteiger partial charge in [-0.1, -0.05) is 0 Å². The first-order chi connectivity index (χ1) is 5.70. The summed E-state index contributed by atoms with van der Waals surface area (Å²) < 4.78 is 27.3. The summed E-state index contributed by atoms with van der Waals surface area (Å²) in [5.74, 6) is -1.16. The van der Waals surface area contributed by atoms with Gasteiger partial charge in [-0.15, -0.1) is 0 Å². The Morgan fingerprint density at radius 1 is 1.42 bits per heavy atom. The monoisotopic (exact) mass is 168 g/mol. The molecule has 0 aliphatic heterocycles. The summed E-state index contributed by atoms with van der Waals surface area (Å²) in [6.45, 7) is 1.39. The third-order valence-corrected chi connectivity index (χ3v) is 1.80. The van der Waals surface area contributed by atoms with E-state index in [2.05, 4.69) is 4.98 Å². The van der Waals surface area contributed by atoms with Crippen molar-refractivity contribution in [3.63, 3.8) is 0 Å². The molecule has 0 amide bonds.